The van der Waals surface area contributed by atoms with E-state index >= 15 is 0 Å². The van der Waals surface area contributed by atoms with E-state index in [0.717, 1.165) is 36.5 Å². The molecule has 0 unspecified atom stereocenters. The number of para-hydroxylation sites is 1. The van der Waals surface area contributed by atoms with E-state index in [1.165, 1.54) is 4.70 Å². The van der Waals surface area contributed by atoms with Gasteiger partial charge in [-0.05, 0) is 52.2 Å². The maximum absolute atomic E-state index is 12.6. The van der Waals surface area contributed by atoms with Crippen molar-refractivity contribution in [1.82, 2.24) is 15.2 Å². The first kappa shape index (κ1) is 20.6. The standard InChI is InChI=1S/C21H29N3O3S/c1-21(2,3)27-20(26)22-12-6-11-18(25)24-13-7-8-15(14-24)19-23-16-9-4-5-10-17(16)28-19/h4-5,9-10,15H,6-8,11-14H2,1-3H3,(H,22,26)/t15-/m1/s1. The summed E-state index contributed by atoms with van der Waals surface area (Å²) >= 11 is 1.74. The van der Waals surface area contributed by atoms with Crippen molar-refractivity contribution >= 4 is 33.6 Å². The van der Waals surface area contributed by atoms with Gasteiger partial charge >= 0.3 is 6.09 Å². The number of likely N-dealkylation sites (tertiary alicyclic amines) is 1. The van der Waals surface area contributed by atoms with Crippen LogP contribution in [0.5, 0.6) is 0 Å². The molecule has 1 saturated heterocycles. The van der Waals surface area contributed by atoms with Crippen LogP contribution in [0.2, 0.25) is 0 Å². The topological polar surface area (TPSA) is 71.5 Å². The van der Waals surface area contributed by atoms with E-state index in [1.54, 1.807) is 11.3 Å². The van der Waals surface area contributed by atoms with Gasteiger partial charge in [-0.15, -0.1) is 11.3 Å². The molecule has 3 rings (SSSR count). The Bertz CT molecular complexity index is 795. The predicted octanol–water partition coefficient (Wildman–Crippen LogP) is 4.31. The number of nitrogens with one attached hydrogen (secondary N) is 1. The van der Waals surface area contributed by atoms with Crippen LogP contribution in [0.1, 0.15) is 57.4 Å². The van der Waals surface area contributed by atoms with E-state index in [1.807, 2.05) is 43.9 Å². The second-order valence-corrected chi connectivity index (χ2v) is 9.29. The maximum Gasteiger partial charge on any atom is 0.407 e. The third-order valence-corrected chi connectivity index (χ3v) is 5.87. The number of hydrogen-bond acceptors (Lipinski definition) is 5. The average Bonchev–Trinajstić information content (AvgIpc) is 3.08. The molecule has 0 bridgehead atoms. The van der Waals surface area contributed by atoms with Gasteiger partial charge < -0.3 is 15.0 Å². The molecule has 1 N–H and O–H groups in total. The number of benzene rings is 1. The van der Waals surface area contributed by atoms with Crippen molar-refractivity contribution in [3.05, 3.63) is 29.3 Å². The van der Waals surface area contributed by atoms with Crippen LogP contribution in [-0.4, -0.2) is 47.1 Å². The molecule has 6 nitrogen and oxygen atoms in total. The molecule has 1 aliphatic rings. The third kappa shape index (κ3) is 5.67. The van der Waals surface area contributed by atoms with Crippen molar-refractivity contribution in [2.45, 2.75) is 58.0 Å². The number of amides is 2. The first-order valence-electron chi connectivity index (χ1n) is 9.92. The fraction of sp³-hybridized carbons (Fsp3) is 0.571. The highest BCUT2D eigenvalue weighted by Crippen LogP contribution is 2.33. The summed E-state index contributed by atoms with van der Waals surface area (Å²) in [5, 5.41) is 3.84. The minimum atomic E-state index is -0.511. The Labute approximate surface area is 170 Å². The summed E-state index contributed by atoms with van der Waals surface area (Å²) in [5.74, 6) is 0.465. The Hall–Kier alpha value is -2.15. The zero-order valence-electron chi connectivity index (χ0n) is 16.9. The van der Waals surface area contributed by atoms with Gasteiger partial charge in [-0.1, -0.05) is 12.1 Å². The molecule has 0 radical (unpaired) electrons. The molecule has 0 saturated carbocycles. The largest absolute Gasteiger partial charge is 0.444 e. The van der Waals surface area contributed by atoms with Gasteiger partial charge in [0.25, 0.3) is 0 Å². The highest BCUT2D eigenvalue weighted by Gasteiger charge is 2.26. The van der Waals surface area contributed by atoms with Crippen LogP contribution in [0.4, 0.5) is 4.79 Å². The van der Waals surface area contributed by atoms with Gasteiger partial charge in [0.15, 0.2) is 0 Å². The summed E-state index contributed by atoms with van der Waals surface area (Å²) in [7, 11) is 0. The number of rotatable bonds is 5. The lowest BCUT2D eigenvalue weighted by Crippen LogP contribution is -2.39. The second-order valence-electron chi connectivity index (χ2n) is 8.23. The minimum absolute atomic E-state index is 0.150. The molecule has 7 heteroatoms. The van der Waals surface area contributed by atoms with Crippen LogP contribution in [-0.2, 0) is 9.53 Å². The summed E-state index contributed by atoms with van der Waals surface area (Å²) < 4.78 is 6.40. The van der Waals surface area contributed by atoms with Crippen molar-refractivity contribution in [3.8, 4) is 0 Å². The maximum atomic E-state index is 12.6. The smallest absolute Gasteiger partial charge is 0.407 e. The fourth-order valence-corrected chi connectivity index (χ4v) is 4.47. The summed E-state index contributed by atoms with van der Waals surface area (Å²) in [6.07, 6.45) is 2.68. The van der Waals surface area contributed by atoms with Crippen LogP contribution in [0.25, 0.3) is 10.2 Å². The molecule has 0 spiro atoms. The number of carbonyl (C=O) groups excluding carboxylic acids is 2. The first-order chi connectivity index (χ1) is 13.3. The van der Waals surface area contributed by atoms with E-state index in [4.69, 9.17) is 9.72 Å². The molecule has 1 aliphatic heterocycles. The molecule has 1 fully saturated rings. The monoisotopic (exact) mass is 403 g/mol. The average molecular weight is 404 g/mol. The molecule has 28 heavy (non-hydrogen) atoms. The Kier molecular flexibility index (Phi) is 6.54. The number of alkyl carbamates (subject to hydrolysis) is 1. The number of aromatic nitrogens is 1. The molecule has 1 aromatic heterocycles. The number of ether oxygens (including phenoxy) is 1. The predicted molar refractivity (Wildman–Crippen MR) is 112 cm³/mol. The molecule has 1 aromatic carbocycles. The van der Waals surface area contributed by atoms with Crippen molar-refractivity contribution < 1.29 is 14.3 Å². The summed E-state index contributed by atoms with van der Waals surface area (Å²) in [4.78, 5) is 31.0. The van der Waals surface area contributed by atoms with Gasteiger partial charge in [0, 0.05) is 32.0 Å². The molecule has 2 amide bonds. The minimum Gasteiger partial charge on any atom is -0.444 e. The molecule has 152 valence electrons. The molecule has 0 aliphatic carbocycles. The van der Waals surface area contributed by atoms with Crippen LogP contribution in [0, 0.1) is 0 Å². The summed E-state index contributed by atoms with van der Waals surface area (Å²) in [6, 6.07) is 8.18. The normalized spacial score (nSPS) is 17.5. The summed E-state index contributed by atoms with van der Waals surface area (Å²) in [6.45, 7) is 7.46. The number of thiazole rings is 1. The Morgan fingerprint density at radius 2 is 2.11 bits per heavy atom. The van der Waals surface area contributed by atoms with Crippen molar-refractivity contribution in [2.24, 2.45) is 0 Å². The van der Waals surface area contributed by atoms with Gasteiger partial charge in [0.05, 0.1) is 15.2 Å². The van der Waals surface area contributed by atoms with E-state index in [0.29, 0.717) is 25.3 Å². The van der Waals surface area contributed by atoms with E-state index in [-0.39, 0.29) is 5.91 Å². The number of nitrogens with zero attached hydrogens (tertiary/aromatic N) is 2. The van der Waals surface area contributed by atoms with Gasteiger partial charge in [0.1, 0.15) is 5.60 Å². The molecule has 1 atom stereocenters. The lowest BCUT2D eigenvalue weighted by Gasteiger charge is -2.32. The van der Waals surface area contributed by atoms with Crippen molar-refractivity contribution in [1.29, 1.82) is 0 Å². The number of fused-ring (bicyclic) bond motifs is 1. The van der Waals surface area contributed by atoms with Gasteiger partial charge in [0.2, 0.25) is 5.91 Å². The van der Waals surface area contributed by atoms with Crippen LogP contribution in [0.3, 0.4) is 0 Å². The van der Waals surface area contributed by atoms with Gasteiger partial charge in [-0.3, -0.25) is 4.79 Å². The van der Waals surface area contributed by atoms with Crippen LogP contribution < -0.4 is 5.32 Å². The lowest BCUT2D eigenvalue weighted by molar-refractivity contribution is -0.132. The SMILES string of the molecule is CC(C)(C)OC(=O)NCCCC(=O)N1CCC[C@@H](c2nc3ccccc3s2)C1. The quantitative estimate of drug-likeness (QED) is 0.755. The summed E-state index contributed by atoms with van der Waals surface area (Å²) in [5.41, 5.74) is 0.530. The Balaban J connectivity index is 1.46. The highest BCUT2D eigenvalue weighted by molar-refractivity contribution is 7.18. The Morgan fingerprint density at radius 3 is 2.86 bits per heavy atom. The zero-order valence-corrected chi connectivity index (χ0v) is 17.7. The lowest BCUT2D eigenvalue weighted by atomic mass is 9.98. The van der Waals surface area contributed by atoms with Crippen LogP contribution >= 0.6 is 11.3 Å². The first-order valence-corrected chi connectivity index (χ1v) is 10.7. The number of carbonyl (C=O) groups is 2. The molecular formula is C21H29N3O3S. The third-order valence-electron chi connectivity index (χ3n) is 4.67. The van der Waals surface area contributed by atoms with Gasteiger partial charge in [-0.25, -0.2) is 9.78 Å². The van der Waals surface area contributed by atoms with Gasteiger partial charge in [-0.2, -0.15) is 0 Å². The zero-order chi connectivity index (χ0) is 20.1. The number of piperidine rings is 1. The van der Waals surface area contributed by atoms with E-state index in [2.05, 4.69) is 11.4 Å². The van der Waals surface area contributed by atoms with Crippen molar-refractivity contribution in [3.63, 3.8) is 0 Å². The van der Waals surface area contributed by atoms with Crippen LogP contribution in [0.15, 0.2) is 24.3 Å². The molecular weight excluding hydrogens is 374 g/mol. The fourth-order valence-electron chi connectivity index (χ4n) is 3.37. The van der Waals surface area contributed by atoms with E-state index in [9.17, 15) is 9.59 Å². The number of hydrogen-bond donors (Lipinski definition) is 1. The Morgan fingerprint density at radius 1 is 1.32 bits per heavy atom. The van der Waals surface area contributed by atoms with E-state index < -0.39 is 11.7 Å². The molecule has 2 aromatic rings. The molecule has 2 heterocycles. The second kappa shape index (κ2) is 8.90. The highest BCUT2D eigenvalue weighted by atomic mass is 32.1. The van der Waals surface area contributed by atoms with Crippen molar-refractivity contribution in [2.75, 3.05) is 19.6 Å².